The Hall–Kier alpha value is -1.66. The van der Waals surface area contributed by atoms with Gasteiger partial charge in [0, 0.05) is 19.3 Å². The van der Waals surface area contributed by atoms with Crippen molar-refractivity contribution in [3.63, 3.8) is 0 Å². The van der Waals surface area contributed by atoms with Gasteiger partial charge >= 0.3 is 0 Å². The average molecular weight is 262 g/mol. The number of aliphatic hydroxyl groups is 2. The third kappa shape index (κ3) is 2.29. The first-order chi connectivity index (χ1) is 9.22. The number of nitrogens with one attached hydrogen (secondary N) is 1. The number of hydrogen-bond acceptors (Lipinski definition) is 5. The van der Waals surface area contributed by atoms with Crippen LogP contribution in [0.15, 0.2) is 18.6 Å². The molecule has 6 nitrogen and oxygen atoms in total. The molecule has 102 valence electrons. The van der Waals surface area contributed by atoms with E-state index < -0.39 is 5.60 Å². The summed E-state index contributed by atoms with van der Waals surface area (Å²) in [6.07, 6.45) is 5.43. The van der Waals surface area contributed by atoms with E-state index in [1.165, 1.54) is 0 Å². The number of aromatic nitrogens is 3. The number of aromatic amines is 1. The predicted molar refractivity (Wildman–Crippen MR) is 72.0 cm³/mol. The van der Waals surface area contributed by atoms with Crippen molar-refractivity contribution in [2.45, 2.75) is 24.9 Å². The summed E-state index contributed by atoms with van der Waals surface area (Å²) in [5.74, 6) is 0.872. The molecule has 1 aliphatic heterocycles. The molecule has 1 atom stereocenters. The Kier molecular flexibility index (Phi) is 3.12. The van der Waals surface area contributed by atoms with Crippen LogP contribution in [0.5, 0.6) is 0 Å². The van der Waals surface area contributed by atoms with Gasteiger partial charge in [0.2, 0.25) is 0 Å². The number of anilines is 1. The summed E-state index contributed by atoms with van der Waals surface area (Å²) >= 11 is 0. The van der Waals surface area contributed by atoms with Gasteiger partial charge in [0.05, 0.1) is 17.7 Å². The Morgan fingerprint density at radius 1 is 1.32 bits per heavy atom. The Morgan fingerprint density at radius 3 is 3.05 bits per heavy atom. The second-order valence-corrected chi connectivity index (χ2v) is 5.16. The molecule has 0 aliphatic carbocycles. The summed E-state index contributed by atoms with van der Waals surface area (Å²) < 4.78 is 0. The van der Waals surface area contributed by atoms with Crippen molar-refractivity contribution < 1.29 is 10.2 Å². The highest BCUT2D eigenvalue weighted by Gasteiger charge is 2.30. The Bertz CT molecular complexity index is 571. The van der Waals surface area contributed by atoms with Gasteiger partial charge in [-0.2, -0.15) is 0 Å². The minimum Gasteiger partial charge on any atom is -0.393 e. The summed E-state index contributed by atoms with van der Waals surface area (Å²) in [5.41, 5.74) is 0.875. The fraction of sp³-hybridized carbons (Fsp3) is 0.538. The van der Waals surface area contributed by atoms with Gasteiger partial charge in [-0.25, -0.2) is 9.97 Å². The molecule has 0 aromatic carbocycles. The fourth-order valence-electron chi connectivity index (χ4n) is 2.65. The Balaban J connectivity index is 1.88. The van der Waals surface area contributed by atoms with E-state index >= 15 is 0 Å². The van der Waals surface area contributed by atoms with E-state index in [9.17, 15) is 10.2 Å². The van der Waals surface area contributed by atoms with Crippen LogP contribution in [0.4, 0.5) is 5.82 Å². The maximum absolute atomic E-state index is 10.2. The molecule has 2 aromatic rings. The summed E-state index contributed by atoms with van der Waals surface area (Å²) in [6, 6.07) is 1.92. The summed E-state index contributed by atoms with van der Waals surface area (Å²) in [4.78, 5) is 13.9. The van der Waals surface area contributed by atoms with Crippen LogP contribution in [-0.2, 0) is 0 Å². The number of aliphatic hydroxyl groups excluding tert-OH is 1. The van der Waals surface area contributed by atoms with E-state index in [1.54, 1.807) is 6.33 Å². The van der Waals surface area contributed by atoms with E-state index in [4.69, 9.17) is 0 Å². The molecular weight excluding hydrogens is 244 g/mol. The maximum atomic E-state index is 10.2. The number of rotatable bonds is 2. The minimum atomic E-state index is -0.948. The first kappa shape index (κ1) is 12.4. The molecule has 1 aliphatic rings. The number of hydrogen-bond donors (Lipinski definition) is 3. The van der Waals surface area contributed by atoms with E-state index in [-0.39, 0.29) is 6.61 Å². The van der Waals surface area contributed by atoms with Crippen LogP contribution >= 0.6 is 0 Å². The standard InChI is InChI=1S/C13H18N4O2/c18-8-13(19)3-1-6-17(7-4-13)12-11-10(2-5-14-11)15-9-16-12/h2,5,9,14,18-19H,1,3-4,6-8H2. The van der Waals surface area contributed by atoms with Crippen LogP contribution in [0.2, 0.25) is 0 Å². The highest BCUT2D eigenvalue weighted by molar-refractivity contribution is 5.85. The Morgan fingerprint density at radius 2 is 2.21 bits per heavy atom. The lowest BCUT2D eigenvalue weighted by atomic mass is 9.96. The van der Waals surface area contributed by atoms with E-state index in [0.717, 1.165) is 29.8 Å². The van der Waals surface area contributed by atoms with Crippen molar-refractivity contribution in [1.29, 1.82) is 0 Å². The molecule has 1 unspecified atom stereocenters. The van der Waals surface area contributed by atoms with Gasteiger partial charge in [-0.3, -0.25) is 0 Å². The maximum Gasteiger partial charge on any atom is 0.156 e. The molecule has 0 bridgehead atoms. The molecule has 1 fully saturated rings. The zero-order chi connectivity index (χ0) is 13.3. The molecule has 2 aromatic heterocycles. The van der Waals surface area contributed by atoms with Crippen molar-refractivity contribution in [3.05, 3.63) is 18.6 Å². The average Bonchev–Trinajstić information content (AvgIpc) is 2.82. The molecule has 3 heterocycles. The van der Waals surface area contributed by atoms with Crippen molar-refractivity contribution in [1.82, 2.24) is 15.0 Å². The fourth-order valence-corrected chi connectivity index (χ4v) is 2.65. The Labute approximate surface area is 111 Å². The third-order valence-corrected chi connectivity index (χ3v) is 3.84. The van der Waals surface area contributed by atoms with Gasteiger partial charge in [-0.05, 0) is 25.3 Å². The third-order valence-electron chi connectivity index (χ3n) is 3.84. The molecule has 19 heavy (non-hydrogen) atoms. The smallest absolute Gasteiger partial charge is 0.156 e. The molecule has 1 saturated heterocycles. The SMILES string of the molecule is OCC1(O)CCCN(c2ncnc3cc[nH]c23)CC1. The minimum absolute atomic E-state index is 0.178. The van der Waals surface area contributed by atoms with Crippen molar-refractivity contribution in [3.8, 4) is 0 Å². The lowest BCUT2D eigenvalue weighted by molar-refractivity contribution is -0.0232. The largest absolute Gasteiger partial charge is 0.393 e. The molecule has 6 heteroatoms. The van der Waals surface area contributed by atoms with Gasteiger partial charge in [-0.1, -0.05) is 0 Å². The zero-order valence-electron chi connectivity index (χ0n) is 10.7. The number of nitrogens with zero attached hydrogens (tertiary/aromatic N) is 3. The first-order valence-corrected chi connectivity index (χ1v) is 6.58. The van der Waals surface area contributed by atoms with E-state index in [2.05, 4.69) is 19.9 Å². The van der Waals surface area contributed by atoms with Crippen molar-refractivity contribution in [2.24, 2.45) is 0 Å². The van der Waals surface area contributed by atoms with E-state index in [1.807, 2.05) is 12.3 Å². The number of fused-ring (bicyclic) bond motifs is 1. The second-order valence-electron chi connectivity index (χ2n) is 5.16. The lowest BCUT2D eigenvalue weighted by Gasteiger charge is -2.25. The first-order valence-electron chi connectivity index (χ1n) is 6.58. The zero-order valence-corrected chi connectivity index (χ0v) is 10.7. The molecule has 0 amide bonds. The monoisotopic (exact) mass is 262 g/mol. The second kappa shape index (κ2) is 4.79. The number of H-pyrrole nitrogens is 1. The molecule has 0 radical (unpaired) electrons. The van der Waals surface area contributed by atoms with Crippen molar-refractivity contribution >= 4 is 16.9 Å². The molecule has 0 saturated carbocycles. The summed E-state index contributed by atoms with van der Waals surface area (Å²) in [5, 5.41) is 19.5. The topological polar surface area (TPSA) is 85.3 Å². The quantitative estimate of drug-likeness (QED) is 0.740. The van der Waals surface area contributed by atoms with Gasteiger partial charge < -0.3 is 20.1 Å². The van der Waals surface area contributed by atoms with Crippen LogP contribution < -0.4 is 4.90 Å². The molecule has 0 spiro atoms. The molecule has 3 N–H and O–H groups in total. The van der Waals surface area contributed by atoms with Crippen LogP contribution in [-0.4, -0.2) is 50.5 Å². The van der Waals surface area contributed by atoms with Gasteiger partial charge in [0.25, 0.3) is 0 Å². The van der Waals surface area contributed by atoms with Crippen LogP contribution in [0.1, 0.15) is 19.3 Å². The van der Waals surface area contributed by atoms with Crippen LogP contribution in [0.3, 0.4) is 0 Å². The lowest BCUT2D eigenvalue weighted by Crippen LogP contribution is -2.34. The van der Waals surface area contributed by atoms with Crippen LogP contribution in [0.25, 0.3) is 11.0 Å². The summed E-state index contributed by atoms with van der Waals surface area (Å²) in [6.45, 7) is 1.33. The highest BCUT2D eigenvalue weighted by Crippen LogP contribution is 2.27. The normalized spacial score (nSPS) is 24.6. The molecule has 3 rings (SSSR count). The highest BCUT2D eigenvalue weighted by atomic mass is 16.3. The van der Waals surface area contributed by atoms with E-state index in [0.29, 0.717) is 19.4 Å². The summed E-state index contributed by atoms with van der Waals surface area (Å²) in [7, 11) is 0. The van der Waals surface area contributed by atoms with Crippen molar-refractivity contribution in [2.75, 3.05) is 24.6 Å². The molecular formula is C13H18N4O2. The van der Waals surface area contributed by atoms with Gasteiger partial charge in [-0.15, -0.1) is 0 Å². The predicted octanol–water partition coefficient (Wildman–Crippen LogP) is 0.672. The van der Waals surface area contributed by atoms with Gasteiger partial charge in [0.15, 0.2) is 5.82 Å². The van der Waals surface area contributed by atoms with Gasteiger partial charge in [0.1, 0.15) is 11.8 Å². The van der Waals surface area contributed by atoms with Crippen LogP contribution in [0, 0.1) is 0 Å².